The van der Waals surface area contributed by atoms with Gasteiger partial charge in [0.15, 0.2) is 0 Å². The molecular formula is C27H20N2OS. The molecule has 3 nitrogen and oxygen atoms in total. The number of nitrogens with zero attached hydrogens (tertiary/aromatic N) is 1. The SMILES string of the molecule is O=C(NCc1ccc(-c2nc3ccccc3s2)cc1)c1ccc(-c2ccccc2)cc1. The second-order valence-electron chi connectivity index (χ2n) is 7.31. The van der Waals surface area contributed by atoms with Gasteiger partial charge in [-0.05, 0) is 41.0 Å². The summed E-state index contributed by atoms with van der Waals surface area (Å²) in [5, 5.41) is 4.01. The fraction of sp³-hybridized carbons (Fsp3) is 0.0370. The maximum Gasteiger partial charge on any atom is 0.251 e. The number of fused-ring (bicyclic) bond motifs is 1. The molecule has 0 radical (unpaired) electrons. The first-order valence-electron chi connectivity index (χ1n) is 10.1. The number of benzene rings is 4. The highest BCUT2D eigenvalue weighted by molar-refractivity contribution is 7.21. The van der Waals surface area contributed by atoms with Crippen LogP contribution in [0.3, 0.4) is 0 Å². The summed E-state index contributed by atoms with van der Waals surface area (Å²) in [6.45, 7) is 0.486. The lowest BCUT2D eigenvalue weighted by molar-refractivity contribution is 0.0951. The molecule has 0 bridgehead atoms. The minimum absolute atomic E-state index is 0.0742. The summed E-state index contributed by atoms with van der Waals surface area (Å²) in [4.78, 5) is 17.2. The Bertz CT molecular complexity index is 1290. The zero-order chi connectivity index (χ0) is 21.0. The van der Waals surface area contributed by atoms with Gasteiger partial charge in [0.1, 0.15) is 5.01 Å². The van der Waals surface area contributed by atoms with E-state index in [1.165, 1.54) is 4.70 Å². The summed E-state index contributed by atoms with van der Waals surface area (Å²) in [7, 11) is 0. The lowest BCUT2D eigenvalue weighted by Crippen LogP contribution is -2.22. The van der Waals surface area contributed by atoms with Crippen molar-refractivity contribution < 1.29 is 4.79 Å². The van der Waals surface area contributed by atoms with Crippen molar-refractivity contribution in [2.45, 2.75) is 6.54 Å². The summed E-state index contributed by atoms with van der Waals surface area (Å²) in [6.07, 6.45) is 0. The molecule has 0 aliphatic carbocycles. The Labute approximate surface area is 185 Å². The summed E-state index contributed by atoms with van der Waals surface area (Å²) in [6, 6.07) is 34.2. The molecule has 5 rings (SSSR count). The molecule has 0 aliphatic heterocycles. The molecule has 4 heteroatoms. The number of hydrogen-bond acceptors (Lipinski definition) is 3. The van der Waals surface area contributed by atoms with Crippen LogP contribution in [-0.4, -0.2) is 10.9 Å². The molecule has 0 aliphatic rings. The normalized spacial score (nSPS) is 10.8. The Balaban J connectivity index is 1.23. The largest absolute Gasteiger partial charge is 0.348 e. The average molecular weight is 421 g/mol. The van der Waals surface area contributed by atoms with E-state index in [-0.39, 0.29) is 5.91 Å². The summed E-state index contributed by atoms with van der Waals surface area (Å²) < 4.78 is 1.19. The molecular weight excluding hydrogens is 400 g/mol. The molecule has 0 spiro atoms. The van der Waals surface area contributed by atoms with E-state index in [0.29, 0.717) is 12.1 Å². The number of carbonyl (C=O) groups excluding carboxylic acids is 1. The molecule has 1 aromatic heterocycles. The van der Waals surface area contributed by atoms with Crippen LogP contribution in [0.4, 0.5) is 0 Å². The molecule has 0 saturated carbocycles. The Kier molecular flexibility index (Phi) is 5.29. The number of aromatic nitrogens is 1. The first kappa shape index (κ1) is 19.2. The van der Waals surface area contributed by atoms with E-state index in [1.807, 2.05) is 72.8 Å². The maximum absolute atomic E-state index is 12.5. The summed E-state index contributed by atoms with van der Waals surface area (Å²) >= 11 is 1.69. The van der Waals surface area contributed by atoms with Crippen molar-refractivity contribution in [2.24, 2.45) is 0 Å². The fourth-order valence-corrected chi connectivity index (χ4v) is 4.46. The average Bonchev–Trinajstić information content (AvgIpc) is 3.28. The van der Waals surface area contributed by atoms with Gasteiger partial charge in [0, 0.05) is 17.7 Å². The second-order valence-corrected chi connectivity index (χ2v) is 8.34. The van der Waals surface area contributed by atoms with Crippen LogP contribution in [0.15, 0.2) is 103 Å². The van der Waals surface area contributed by atoms with E-state index in [0.717, 1.165) is 32.8 Å². The lowest BCUT2D eigenvalue weighted by atomic mass is 10.0. The third kappa shape index (κ3) is 4.25. The van der Waals surface area contributed by atoms with Gasteiger partial charge in [0.05, 0.1) is 10.2 Å². The highest BCUT2D eigenvalue weighted by Gasteiger charge is 2.08. The van der Waals surface area contributed by atoms with Crippen LogP contribution in [0.2, 0.25) is 0 Å². The number of nitrogens with one attached hydrogen (secondary N) is 1. The minimum atomic E-state index is -0.0742. The molecule has 1 N–H and O–H groups in total. The van der Waals surface area contributed by atoms with Crippen LogP contribution < -0.4 is 5.32 Å². The van der Waals surface area contributed by atoms with Crippen LogP contribution in [0.25, 0.3) is 31.9 Å². The summed E-state index contributed by atoms with van der Waals surface area (Å²) in [5.74, 6) is -0.0742. The first-order valence-corrected chi connectivity index (χ1v) is 11.0. The third-order valence-electron chi connectivity index (χ3n) is 5.20. The molecule has 1 amide bonds. The van der Waals surface area contributed by atoms with Crippen molar-refractivity contribution >= 4 is 27.5 Å². The Hall–Kier alpha value is -3.76. The van der Waals surface area contributed by atoms with Gasteiger partial charge in [-0.1, -0.05) is 78.9 Å². The maximum atomic E-state index is 12.5. The lowest BCUT2D eigenvalue weighted by Gasteiger charge is -2.07. The second kappa shape index (κ2) is 8.54. The van der Waals surface area contributed by atoms with E-state index >= 15 is 0 Å². The Morgan fingerprint density at radius 2 is 1.35 bits per heavy atom. The highest BCUT2D eigenvalue weighted by Crippen LogP contribution is 2.30. The van der Waals surface area contributed by atoms with E-state index in [1.54, 1.807) is 11.3 Å². The third-order valence-corrected chi connectivity index (χ3v) is 6.29. The molecule has 150 valence electrons. The molecule has 5 aromatic rings. The topological polar surface area (TPSA) is 42.0 Å². The smallest absolute Gasteiger partial charge is 0.251 e. The van der Waals surface area contributed by atoms with E-state index in [2.05, 4.69) is 35.6 Å². The number of amides is 1. The number of rotatable bonds is 5. The van der Waals surface area contributed by atoms with Crippen molar-refractivity contribution in [3.05, 3.63) is 114 Å². The van der Waals surface area contributed by atoms with Gasteiger partial charge in [0.2, 0.25) is 0 Å². The van der Waals surface area contributed by atoms with Crippen LogP contribution >= 0.6 is 11.3 Å². The minimum Gasteiger partial charge on any atom is -0.348 e. The van der Waals surface area contributed by atoms with Gasteiger partial charge in [-0.2, -0.15) is 0 Å². The predicted octanol–water partition coefficient (Wildman–Crippen LogP) is 6.56. The molecule has 31 heavy (non-hydrogen) atoms. The van der Waals surface area contributed by atoms with E-state index < -0.39 is 0 Å². The monoisotopic (exact) mass is 420 g/mol. The first-order chi connectivity index (χ1) is 15.3. The molecule has 4 aromatic carbocycles. The predicted molar refractivity (Wildman–Crippen MR) is 128 cm³/mol. The van der Waals surface area contributed by atoms with Crippen LogP contribution in [0.1, 0.15) is 15.9 Å². The molecule has 1 heterocycles. The van der Waals surface area contributed by atoms with Gasteiger partial charge in [0.25, 0.3) is 5.91 Å². The van der Waals surface area contributed by atoms with Crippen LogP contribution in [0.5, 0.6) is 0 Å². The highest BCUT2D eigenvalue weighted by atomic mass is 32.1. The van der Waals surface area contributed by atoms with Gasteiger partial charge < -0.3 is 5.32 Å². The van der Waals surface area contributed by atoms with Crippen molar-refractivity contribution in [1.82, 2.24) is 10.3 Å². The molecule has 0 fully saturated rings. The quantitative estimate of drug-likeness (QED) is 0.350. The van der Waals surface area contributed by atoms with Crippen molar-refractivity contribution in [1.29, 1.82) is 0 Å². The van der Waals surface area contributed by atoms with Crippen molar-refractivity contribution in [3.8, 4) is 21.7 Å². The van der Waals surface area contributed by atoms with Crippen LogP contribution in [0, 0.1) is 0 Å². The number of para-hydroxylation sites is 1. The van der Waals surface area contributed by atoms with E-state index in [4.69, 9.17) is 4.98 Å². The van der Waals surface area contributed by atoms with E-state index in [9.17, 15) is 4.79 Å². The van der Waals surface area contributed by atoms with Gasteiger partial charge in [-0.3, -0.25) is 4.79 Å². The number of carbonyl (C=O) groups is 1. The zero-order valence-electron chi connectivity index (χ0n) is 16.8. The molecule has 0 unspecified atom stereocenters. The van der Waals surface area contributed by atoms with Crippen molar-refractivity contribution in [3.63, 3.8) is 0 Å². The van der Waals surface area contributed by atoms with Gasteiger partial charge in [-0.25, -0.2) is 4.98 Å². The molecule has 0 saturated heterocycles. The Morgan fingerprint density at radius 3 is 2.10 bits per heavy atom. The number of thiazole rings is 1. The van der Waals surface area contributed by atoms with Crippen LogP contribution in [-0.2, 0) is 6.54 Å². The number of hydrogen-bond donors (Lipinski definition) is 1. The van der Waals surface area contributed by atoms with Gasteiger partial charge in [-0.15, -0.1) is 11.3 Å². The fourth-order valence-electron chi connectivity index (χ4n) is 3.49. The molecule has 0 atom stereocenters. The Morgan fingerprint density at radius 1 is 0.710 bits per heavy atom. The standard InChI is InChI=1S/C27H20N2OS/c30-26(22-16-14-21(15-17-22)20-6-2-1-3-7-20)28-18-19-10-12-23(13-11-19)27-29-24-8-4-5-9-25(24)31-27/h1-17H,18H2,(H,28,30). The van der Waals surface area contributed by atoms with Gasteiger partial charge >= 0.3 is 0 Å². The van der Waals surface area contributed by atoms with Crippen molar-refractivity contribution in [2.75, 3.05) is 0 Å². The zero-order valence-corrected chi connectivity index (χ0v) is 17.6. The summed E-state index contributed by atoms with van der Waals surface area (Å²) in [5.41, 5.74) is 6.07.